The molecule has 0 saturated heterocycles. The number of nitrogen functional groups attached to an aromatic ring is 1. The van der Waals surface area contributed by atoms with Gasteiger partial charge in [0, 0.05) is 0 Å². The van der Waals surface area contributed by atoms with Crippen LogP contribution in [0.15, 0.2) is 25.0 Å². The van der Waals surface area contributed by atoms with Crippen LogP contribution in [0.5, 0.6) is 0 Å². The van der Waals surface area contributed by atoms with Crippen molar-refractivity contribution in [1.29, 1.82) is 0 Å². The van der Waals surface area contributed by atoms with Crippen molar-refractivity contribution in [2.45, 2.75) is 0 Å². The Kier molecular flexibility index (Phi) is 2.59. The molecule has 2 rings (SSSR count). The molecule has 0 unspecified atom stereocenters. The van der Waals surface area contributed by atoms with Crippen LogP contribution >= 0.6 is 11.6 Å². The maximum Gasteiger partial charge on any atom is 0.158 e. The number of nitrogens with two attached hydrogens (primary N) is 1. The minimum Gasteiger partial charge on any atom is -0.393 e. The highest BCUT2D eigenvalue weighted by molar-refractivity contribution is 6.32. The van der Waals surface area contributed by atoms with Crippen molar-refractivity contribution >= 4 is 28.8 Å². The lowest BCUT2D eigenvalue weighted by Gasteiger charge is -2.06. The van der Waals surface area contributed by atoms with Gasteiger partial charge >= 0.3 is 0 Å². The van der Waals surface area contributed by atoms with Gasteiger partial charge in [0.15, 0.2) is 11.0 Å². The molecule has 0 fully saturated rings. The number of rotatable bonds is 2. The van der Waals surface area contributed by atoms with Gasteiger partial charge in [-0.25, -0.2) is 19.9 Å². The third-order valence-corrected chi connectivity index (χ3v) is 1.96. The number of nitrogens with one attached hydrogen (secondary N) is 1. The van der Waals surface area contributed by atoms with Crippen molar-refractivity contribution in [2.75, 3.05) is 11.1 Å². The zero-order chi connectivity index (χ0) is 10.7. The smallest absolute Gasteiger partial charge is 0.158 e. The summed E-state index contributed by atoms with van der Waals surface area (Å²) in [6, 6.07) is 0. The standard InChI is InChI=1S/C8H7ClN6/c9-7-6(10)8(14-4-13-7)15-5-1-11-3-12-2-5/h1-4H,10H2,(H,13,14,15). The summed E-state index contributed by atoms with van der Waals surface area (Å²) in [5, 5.41) is 3.14. The Morgan fingerprint density at radius 1 is 1.13 bits per heavy atom. The third-order valence-electron chi connectivity index (χ3n) is 1.66. The lowest BCUT2D eigenvalue weighted by molar-refractivity contribution is 1.14. The predicted octanol–water partition coefficient (Wildman–Crippen LogP) is 1.25. The summed E-state index contributed by atoms with van der Waals surface area (Å²) in [6.45, 7) is 0. The topological polar surface area (TPSA) is 89.6 Å². The molecule has 0 atom stereocenters. The second kappa shape index (κ2) is 4.05. The van der Waals surface area contributed by atoms with Gasteiger partial charge in [0.2, 0.25) is 0 Å². The summed E-state index contributed by atoms with van der Waals surface area (Å²) in [7, 11) is 0. The van der Waals surface area contributed by atoms with Gasteiger partial charge in [0.1, 0.15) is 18.3 Å². The summed E-state index contributed by atoms with van der Waals surface area (Å²) < 4.78 is 0. The number of nitrogens with zero attached hydrogens (tertiary/aromatic N) is 4. The highest BCUT2D eigenvalue weighted by Gasteiger charge is 2.05. The molecular formula is C8H7ClN6. The van der Waals surface area contributed by atoms with E-state index in [2.05, 4.69) is 25.3 Å². The minimum absolute atomic E-state index is 0.212. The summed E-state index contributed by atoms with van der Waals surface area (Å²) in [6.07, 6.45) is 5.96. The van der Waals surface area contributed by atoms with Gasteiger partial charge in [-0.2, -0.15) is 0 Å². The lowest BCUT2D eigenvalue weighted by Crippen LogP contribution is -2.01. The fourth-order valence-electron chi connectivity index (χ4n) is 0.974. The van der Waals surface area contributed by atoms with Crippen LogP contribution in [0.4, 0.5) is 17.2 Å². The second-order valence-corrected chi connectivity index (χ2v) is 3.04. The average Bonchev–Trinajstić information content (AvgIpc) is 2.26. The summed E-state index contributed by atoms with van der Waals surface area (Å²) in [5.74, 6) is 0.435. The SMILES string of the molecule is Nc1c(Cl)ncnc1Nc1cncnc1. The Morgan fingerprint density at radius 2 is 1.87 bits per heavy atom. The first-order chi connectivity index (χ1) is 7.27. The van der Waals surface area contributed by atoms with Crippen LogP contribution in [0.25, 0.3) is 0 Å². The van der Waals surface area contributed by atoms with E-state index >= 15 is 0 Å². The van der Waals surface area contributed by atoms with Crippen molar-refractivity contribution in [3.8, 4) is 0 Å². The highest BCUT2D eigenvalue weighted by Crippen LogP contribution is 2.24. The van der Waals surface area contributed by atoms with Crippen LogP contribution in [0.2, 0.25) is 5.15 Å². The Bertz CT molecular complexity index is 460. The molecule has 2 heterocycles. The predicted molar refractivity (Wildman–Crippen MR) is 56.8 cm³/mol. The number of hydrogen-bond donors (Lipinski definition) is 2. The number of aromatic nitrogens is 4. The van der Waals surface area contributed by atoms with Gasteiger partial charge in [-0.1, -0.05) is 11.6 Å². The molecule has 0 spiro atoms. The lowest BCUT2D eigenvalue weighted by atomic mass is 10.4. The monoisotopic (exact) mass is 222 g/mol. The van der Waals surface area contributed by atoms with E-state index in [4.69, 9.17) is 17.3 Å². The molecule has 0 bridgehead atoms. The van der Waals surface area contributed by atoms with E-state index in [1.54, 1.807) is 12.4 Å². The van der Waals surface area contributed by atoms with Gasteiger partial charge in [0.25, 0.3) is 0 Å². The normalized spacial score (nSPS) is 9.93. The molecule has 0 amide bonds. The van der Waals surface area contributed by atoms with E-state index in [1.165, 1.54) is 12.7 Å². The summed E-state index contributed by atoms with van der Waals surface area (Å²) in [5.41, 5.74) is 6.64. The first kappa shape index (κ1) is 9.60. The van der Waals surface area contributed by atoms with Crippen LogP contribution in [-0.4, -0.2) is 19.9 Å². The molecule has 0 radical (unpaired) electrons. The fourth-order valence-corrected chi connectivity index (χ4v) is 1.11. The van der Waals surface area contributed by atoms with Crippen molar-refractivity contribution in [1.82, 2.24) is 19.9 Å². The van der Waals surface area contributed by atoms with E-state index in [0.29, 0.717) is 17.2 Å². The molecule has 6 nitrogen and oxygen atoms in total. The molecular weight excluding hydrogens is 216 g/mol. The first-order valence-electron chi connectivity index (χ1n) is 4.05. The molecule has 2 aromatic heterocycles. The Labute approximate surface area is 90.6 Å². The van der Waals surface area contributed by atoms with Gasteiger partial charge in [-0.15, -0.1) is 0 Å². The molecule has 3 N–H and O–H groups in total. The molecule has 15 heavy (non-hydrogen) atoms. The van der Waals surface area contributed by atoms with E-state index < -0.39 is 0 Å². The van der Waals surface area contributed by atoms with E-state index in [0.717, 1.165) is 0 Å². The largest absolute Gasteiger partial charge is 0.393 e. The van der Waals surface area contributed by atoms with Crippen LogP contribution in [0.3, 0.4) is 0 Å². The quantitative estimate of drug-likeness (QED) is 0.744. The van der Waals surface area contributed by atoms with E-state index in [9.17, 15) is 0 Å². The average molecular weight is 223 g/mol. The molecule has 0 aliphatic heterocycles. The van der Waals surface area contributed by atoms with Crippen molar-refractivity contribution in [2.24, 2.45) is 0 Å². The van der Waals surface area contributed by atoms with E-state index in [1.807, 2.05) is 0 Å². The zero-order valence-electron chi connectivity index (χ0n) is 7.55. The number of halogens is 1. The van der Waals surface area contributed by atoms with Crippen molar-refractivity contribution < 1.29 is 0 Å². The summed E-state index contributed by atoms with van der Waals surface area (Å²) in [4.78, 5) is 15.4. The van der Waals surface area contributed by atoms with Crippen LogP contribution in [0, 0.1) is 0 Å². The van der Waals surface area contributed by atoms with Gasteiger partial charge in [0.05, 0.1) is 18.1 Å². The van der Waals surface area contributed by atoms with Crippen LogP contribution in [-0.2, 0) is 0 Å². The van der Waals surface area contributed by atoms with Gasteiger partial charge in [-0.3, -0.25) is 0 Å². The Balaban J connectivity index is 2.29. The molecule has 0 aliphatic carbocycles. The second-order valence-electron chi connectivity index (χ2n) is 2.68. The highest BCUT2D eigenvalue weighted by atomic mass is 35.5. The van der Waals surface area contributed by atoms with Crippen molar-refractivity contribution in [3.05, 3.63) is 30.2 Å². The molecule has 2 aromatic rings. The third kappa shape index (κ3) is 2.10. The zero-order valence-corrected chi connectivity index (χ0v) is 8.31. The minimum atomic E-state index is 0.212. The molecule has 0 aliphatic rings. The van der Waals surface area contributed by atoms with E-state index in [-0.39, 0.29) is 5.15 Å². The number of hydrogen-bond acceptors (Lipinski definition) is 6. The molecule has 76 valence electrons. The fraction of sp³-hybridized carbons (Fsp3) is 0. The Hall–Kier alpha value is -1.95. The van der Waals surface area contributed by atoms with Gasteiger partial charge in [-0.05, 0) is 0 Å². The molecule has 0 aromatic carbocycles. The maximum atomic E-state index is 5.73. The van der Waals surface area contributed by atoms with Crippen LogP contribution in [0.1, 0.15) is 0 Å². The Morgan fingerprint density at radius 3 is 2.60 bits per heavy atom. The molecule has 0 saturated carbocycles. The van der Waals surface area contributed by atoms with Crippen molar-refractivity contribution in [3.63, 3.8) is 0 Å². The van der Waals surface area contributed by atoms with Gasteiger partial charge < -0.3 is 11.1 Å². The number of anilines is 3. The maximum absolute atomic E-state index is 5.73. The molecule has 7 heteroatoms. The van der Waals surface area contributed by atoms with Crippen LogP contribution < -0.4 is 11.1 Å². The first-order valence-corrected chi connectivity index (χ1v) is 4.43. The summed E-state index contributed by atoms with van der Waals surface area (Å²) >= 11 is 5.73.